The lowest BCUT2D eigenvalue weighted by Crippen LogP contribution is -2.38. The number of carbonyl (C=O) groups is 1. The number of alkyl halides is 4. The number of ether oxygens (including phenoxy) is 1. The number of benzene rings is 2. The number of nitrogens with one attached hydrogen (secondary N) is 1. The Bertz CT molecular complexity index is 1170. The maximum atomic E-state index is 13.4. The van der Waals surface area contributed by atoms with Crippen LogP contribution < -0.4 is 5.32 Å². The third kappa shape index (κ3) is 6.62. The Balaban J connectivity index is 1.93. The van der Waals surface area contributed by atoms with Gasteiger partial charge in [-0.05, 0) is 70.8 Å². The second-order valence-corrected chi connectivity index (χ2v) is 10.0. The molecule has 1 aliphatic rings. The summed E-state index contributed by atoms with van der Waals surface area (Å²) in [5.41, 5.74) is 7.50. The van der Waals surface area contributed by atoms with E-state index in [1.165, 1.54) is 6.07 Å². The van der Waals surface area contributed by atoms with Gasteiger partial charge in [-0.2, -0.15) is 13.2 Å². The van der Waals surface area contributed by atoms with Gasteiger partial charge in [0.05, 0.1) is 18.3 Å². The fraction of sp³-hybridized carbons (Fsp3) is 0.333. The molecule has 0 spiro atoms. The first-order valence-electron chi connectivity index (χ1n) is 10.6. The highest BCUT2D eigenvalue weighted by molar-refractivity contribution is 14.1. The molecule has 184 valence electrons. The quantitative estimate of drug-likeness (QED) is 0.0496. The zero-order valence-electron chi connectivity index (χ0n) is 18.8. The van der Waals surface area contributed by atoms with Crippen LogP contribution in [0.2, 0.25) is 0 Å². The number of amides is 1. The molecular formula is C24H23F3IN5O2. The average molecular weight is 597 g/mol. The van der Waals surface area contributed by atoms with Crippen molar-refractivity contribution in [1.29, 1.82) is 0 Å². The monoisotopic (exact) mass is 597 g/mol. The van der Waals surface area contributed by atoms with Crippen molar-refractivity contribution in [3.05, 3.63) is 88.3 Å². The van der Waals surface area contributed by atoms with Crippen LogP contribution in [-0.2, 0) is 21.2 Å². The molecule has 1 heterocycles. The maximum Gasteiger partial charge on any atom is 0.416 e. The summed E-state index contributed by atoms with van der Waals surface area (Å²) in [6.07, 6.45) is -1.18. The number of rotatable bonds is 9. The summed E-state index contributed by atoms with van der Waals surface area (Å²) in [5.74, 6) is -0.0694. The van der Waals surface area contributed by atoms with Crippen LogP contribution in [0.5, 0.6) is 0 Å². The number of azide groups is 1. The summed E-state index contributed by atoms with van der Waals surface area (Å²) in [6, 6.07) is 12.3. The molecule has 1 saturated heterocycles. The zero-order chi connectivity index (χ0) is 25.7. The van der Waals surface area contributed by atoms with Gasteiger partial charge in [0.15, 0.2) is 0 Å². The third-order valence-corrected chi connectivity index (χ3v) is 6.71. The first-order chi connectivity index (χ1) is 16.5. The third-order valence-electron chi connectivity index (χ3n) is 5.62. The van der Waals surface area contributed by atoms with E-state index in [0.29, 0.717) is 12.8 Å². The van der Waals surface area contributed by atoms with Crippen LogP contribution in [-0.4, -0.2) is 22.3 Å². The first-order valence-corrected chi connectivity index (χ1v) is 11.7. The Morgan fingerprint density at radius 2 is 2.00 bits per heavy atom. The molecule has 11 heteroatoms. The van der Waals surface area contributed by atoms with Crippen molar-refractivity contribution < 1.29 is 22.7 Å². The topological polar surface area (TPSA) is 99.4 Å². The average Bonchev–Trinajstić information content (AvgIpc) is 3.18. The highest BCUT2D eigenvalue weighted by Gasteiger charge is 2.36. The largest absolute Gasteiger partial charge is 0.416 e. The molecule has 2 aromatic rings. The minimum Gasteiger partial charge on any atom is -0.371 e. The number of hydrogen-bond donors (Lipinski definition) is 1. The minimum atomic E-state index is -4.62. The number of aliphatic imine (C=N–C) groups is 1. The predicted molar refractivity (Wildman–Crippen MR) is 136 cm³/mol. The smallest absolute Gasteiger partial charge is 0.371 e. The van der Waals surface area contributed by atoms with Crippen LogP contribution in [0.15, 0.2) is 71.3 Å². The van der Waals surface area contributed by atoms with E-state index in [1.54, 1.807) is 19.2 Å². The summed E-state index contributed by atoms with van der Waals surface area (Å²) >= 11 is 2.13. The summed E-state index contributed by atoms with van der Waals surface area (Å²) in [7, 11) is 0. The maximum absolute atomic E-state index is 13.4. The van der Waals surface area contributed by atoms with E-state index in [9.17, 15) is 18.0 Å². The van der Waals surface area contributed by atoms with Crippen LogP contribution in [0.3, 0.4) is 0 Å². The van der Waals surface area contributed by atoms with Crippen LogP contribution >= 0.6 is 22.6 Å². The molecule has 0 saturated carbocycles. The molecule has 1 amide bonds. The SMILES string of the molecule is C=C[C@](CO[C@H](C)c1cc(N=[N+]=[N-])cc(C(F)(F)F)c1)(/N=C\[C@]1(I)CCC(=O)N1)c1ccccc1. The van der Waals surface area contributed by atoms with Gasteiger partial charge in [-0.25, -0.2) is 0 Å². The number of hydrogen-bond acceptors (Lipinski definition) is 4. The lowest BCUT2D eigenvalue weighted by atomic mass is 9.91. The van der Waals surface area contributed by atoms with Crippen molar-refractivity contribution in [3.8, 4) is 0 Å². The molecule has 1 aliphatic heterocycles. The van der Waals surface area contributed by atoms with E-state index in [-0.39, 0.29) is 23.8 Å². The molecule has 1 fully saturated rings. The second-order valence-electron chi connectivity index (χ2n) is 8.12. The van der Waals surface area contributed by atoms with Crippen molar-refractivity contribution in [2.24, 2.45) is 10.1 Å². The molecule has 0 aliphatic carbocycles. The van der Waals surface area contributed by atoms with Crippen LogP contribution in [0.1, 0.15) is 42.6 Å². The minimum absolute atomic E-state index is 0.0358. The van der Waals surface area contributed by atoms with Gasteiger partial charge in [0, 0.05) is 23.2 Å². The second kappa shape index (κ2) is 10.8. The van der Waals surface area contributed by atoms with E-state index >= 15 is 0 Å². The van der Waals surface area contributed by atoms with E-state index in [4.69, 9.17) is 15.3 Å². The Morgan fingerprint density at radius 1 is 1.29 bits per heavy atom. The van der Waals surface area contributed by atoms with Crippen molar-refractivity contribution in [3.63, 3.8) is 0 Å². The van der Waals surface area contributed by atoms with Crippen molar-refractivity contribution in [2.75, 3.05) is 6.61 Å². The van der Waals surface area contributed by atoms with Gasteiger partial charge >= 0.3 is 6.18 Å². The van der Waals surface area contributed by atoms with Gasteiger partial charge in [0.2, 0.25) is 5.91 Å². The molecule has 2 aromatic carbocycles. The molecule has 35 heavy (non-hydrogen) atoms. The fourth-order valence-corrected chi connectivity index (χ4v) is 4.32. The number of carbonyl (C=O) groups excluding carboxylic acids is 1. The Kier molecular flexibility index (Phi) is 8.24. The molecule has 1 N–H and O–H groups in total. The fourth-order valence-electron chi connectivity index (χ4n) is 3.61. The van der Waals surface area contributed by atoms with Gasteiger partial charge in [0.25, 0.3) is 0 Å². The first kappa shape index (κ1) is 26.7. The van der Waals surface area contributed by atoms with Crippen molar-refractivity contribution in [1.82, 2.24) is 5.32 Å². The standard InChI is InChI=1S/C24H23F3IN5O2/c1-3-22(18-7-5-4-6-8-18,30-14-23(28)10-9-21(34)31-23)15-35-16(2)17-11-19(24(25,26)27)13-20(12-17)32-33-29/h3-8,11-14,16H,1,9-10,15H2,2H3,(H,31,34)/b30-14-/t16-,22-,23+/m1/s1. The Labute approximate surface area is 214 Å². The normalized spacial score (nSPS) is 20.7. The molecule has 3 rings (SSSR count). The molecule has 0 unspecified atom stereocenters. The van der Waals surface area contributed by atoms with E-state index in [2.05, 4.69) is 44.5 Å². The van der Waals surface area contributed by atoms with Gasteiger partial charge in [0.1, 0.15) is 9.08 Å². The predicted octanol–water partition coefficient (Wildman–Crippen LogP) is 6.92. The Hall–Kier alpha value is -2.89. The molecule has 7 nitrogen and oxygen atoms in total. The summed E-state index contributed by atoms with van der Waals surface area (Å²) in [6.45, 7) is 5.51. The lowest BCUT2D eigenvalue weighted by molar-refractivity contribution is -0.137. The van der Waals surface area contributed by atoms with E-state index in [1.807, 2.05) is 30.3 Å². The number of nitrogens with zero attached hydrogens (tertiary/aromatic N) is 4. The van der Waals surface area contributed by atoms with Crippen LogP contribution in [0.4, 0.5) is 18.9 Å². The van der Waals surface area contributed by atoms with Gasteiger partial charge in [-0.15, -0.1) is 6.58 Å². The molecule has 0 aromatic heterocycles. The van der Waals surface area contributed by atoms with E-state index in [0.717, 1.165) is 17.7 Å². The van der Waals surface area contributed by atoms with E-state index < -0.39 is 26.9 Å². The van der Waals surface area contributed by atoms with Crippen molar-refractivity contribution in [2.45, 2.75) is 41.1 Å². The van der Waals surface area contributed by atoms with Crippen LogP contribution in [0, 0.1) is 0 Å². The summed E-state index contributed by atoms with van der Waals surface area (Å²) in [4.78, 5) is 19.1. The molecule has 0 bridgehead atoms. The summed E-state index contributed by atoms with van der Waals surface area (Å²) in [5, 5.41) is 6.22. The van der Waals surface area contributed by atoms with Crippen molar-refractivity contribution >= 4 is 40.4 Å². The highest BCUT2D eigenvalue weighted by atomic mass is 127. The Morgan fingerprint density at radius 3 is 2.57 bits per heavy atom. The molecule has 0 radical (unpaired) electrons. The lowest BCUT2D eigenvalue weighted by Gasteiger charge is -2.30. The van der Waals surface area contributed by atoms with Crippen LogP contribution in [0.25, 0.3) is 10.4 Å². The number of halogens is 4. The molecule has 3 atom stereocenters. The highest BCUT2D eigenvalue weighted by Crippen LogP contribution is 2.37. The van der Waals surface area contributed by atoms with Gasteiger partial charge in [-0.1, -0.05) is 41.5 Å². The van der Waals surface area contributed by atoms with Gasteiger partial charge in [-0.3, -0.25) is 9.79 Å². The summed E-state index contributed by atoms with van der Waals surface area (Å²) < 4.78 is 45.5. The zero-order valence-corrected chi connectivity index (χ0v) is 21.0. The van der Waals surface area contributed by atoms with Gasteiger partial charge < -0.3 is 10.1 Å². The molecular weight excluding hydrogens is 574 g/mol.